The van der Waals surface area contributed by atoms with Gasteiger partial charge in [-0.1, -0.05) is 6.07 Å². The summed E-state index contributed by atoms with van der Waals surface area (Å²) in [6.45, 7) is 1.97. The Morgan fingerprint density at radius 3 is 3.16 bits per heavy atom. The third-order valence-electron chi connectivity index (χ3n) is 3.62. The number of hydrogen-bond donors (Lipinski definition) is 1. The van der Waals surface area contributed by atoms with Crippen LogP contribution in [0.25, 0.3) is 5.52 Å². The normalized spacial score (nSPS) is 19.5. The molecule has 0 radical (unpaired) electrons. The molecule has 5 nitrogen and oxygen atoms in total. The zero-order valence-corrected chi connectivity index (χ0v) is 10.9. The van der Waals surface area contributed by atoms with Crippen molar-refractivity contribution in [2.75, 3.05) is 20.2 Å². The van der Waals surface area contributed by atoms with E-state index < -0.39 is 0 Å². The number of hydrogen-bond acceptors (Lipinski definition) is 4. The molecule has 1 atom stereocenters. The highest BCUT2D eigenvalue weighted by Gasteiger charge is 2.24. The van der Waals surface area contributed by atoms with Gasteiger partial charge in [0.1, 0.15) is 5.82 Å². The summed E-state index contributed by atoms with van der Waals surface area (Å²) in [7, 11) is 1.39. The lowest BCUT2D eigenvalue weighted by Gasteiger charge is -2.21. The Morgan fingerprint density at radius 1 is 1.53 bits per heavy atom. The summed E-state index contributed by atoms with van der Waals surface area (Å²) in [4.78, 5) is 16.3. The molecular weight excluding hydrogens is 242 g/mol. The van der Waals surface area contributed by atoms with Gasteiger partial charge in [0.15, 0.2) is 5.69 Å². The molecule has 0 amide bonds. The van der Waals surface area contributed by atoms with Gasteiger partial charge in [-0.05, 0) is 31.5 Å². The van der Waals surface area contributed by atoms with Crippen LogP contribution in [0.3, 0.4) is 0 Å². The van der Waals surface area contributed by atoms with Crippen molar-refractivity contribution in [3.8, 4) is 0 Å². The Labute approximate surface area is 111 Å². The minimum absolute atomic E-state index is 0.349. The smallest absolute Gasteiger partial charge is 0.358 e. The number of rotatable bonds is 2. The summed E-state index contributed by atoms with van der Waals surface area (Å²) in [5, 5.41) is 3.38. The second-order valence-electron chi connectivity index (χ2n) is 4.81. The average Bonchev–Trinajstić information content (AvgIpc) is 2.87. The first-order valence-electron chi connectivity index (χ1n) is 6.57. The van der Waals surface area contributed by atoms with Crippen molar-refractivity contribution in [1.29, 1.82) is 0 Å². The fourth-order valence-corrected chi connectivity index (χ4v) is 2.67. The van der Waals surface area contributed by atoms with Crippen molar-refractivity contribution in [2.45, 2.75) is 18.8 Å². The molecule has 0 bridgehead atoms. The van der Waals surface area contributed by atoms with Crippen molar-refractivity contribution in [2.24, 2.45) is 0 Å². The molecule has 1 aliphatic heterocycles. The quantitative estimate of drug-likeness (QED) is 0.832. The molecule has 19 heavy (non-hydrogen) atoms. The minimum Gasteiger partial charge on any atom is -0.464 e. The summed E-state index contributed by atoms with van der Waals surface area (Å²) >= 11 is 0. The maximum atomic E-state index is 11.8. The molecule has 0 aliphatic carbocycles. The Bertz CT molecular complexity index is 600. The zero-order valence-electron chi connectivity index (χ0n) is 10.9. The zero-order chi connectivity index (χ0) is 13.2. The van der Waals surface area contributed by atoms with Gasteiger partial charge in [0.05, 0.1) is 12.6 Å². The van der Waals surface area contributed by atoms with Crippen LogP contribution in [0.4, 0.5) is 0 Å². The van der Waals surface area contributed by atoms with Crippen LogP contribution in [0.15, 0.2) is 24.4 Å². The maximum Gasteiger partial charge on any atom is 0.358 e. The van der Waals surface area contributed by atoms with E-state index in [1.54, 1.807) is 0 Å². The topological polar surface area (TPSA) is 55.6 Å². The van der Waals surface area contributed by atoms with Gasteiger partial charge in [-0.2, -0.15) is 0 Å². The van der Waals surface area contributed by atoms with Gasteiger partial charge >= 0.3 is 5.97 Å². The van der Waals surface area contributed by atoms with Crippen LogP contribution in [0, 0.1) is 0 Å². The highest BCUT2D eigenvalue weighted by Crippen LogP contribution is 2.25. The van der Waals surface area contributed by atoms with Crippen LogP contribution in [0.5, 0.6) is 0 Å². The monoisotopic (exact) mass is 259 g/mol. The lowest BCUT2D eigenvalue weighted by atomic mass is 9.99. The van der Waals surface area contributed by atoms with Crippen LogP contribution in [0.1, 0.15) is 35.1 Å². The van der Waals surface area contributed by atoms with Crippen LogP contribution >= 0.6 is 0 Å². The third-order valence-corrected chi connectivity index (χ3v) is 3.62. The van der Waals surface area contributed by atoms with Crippen LogP contribution in [-0.4, -0.2) is 35.6 Å². The van der Waals surface area contributed by atoms with E-state index in [0.717, 1.165) is 37.3 Å². The van der Waals surface area contributed by atoms with Crippen molar-refractivity contribution < 1.29 is 9.53 Å². The molecule has 1 saturated heterocycles. The molecule has 3 heterocycles. The number of nitrogens with zero attached hydrogens (tertiary/aromatic N) is 2. The molecule has 3 rings (SSSR count). The highest BCUT2D eigenvalue weighted by atomic mass is 16.5. The molecule has 2 aromatic rings. The molecule has 1 N–H and O–H groups in total. The van der Waals surface area contributed by atoms with E-state index in [4.69, 9.17) is 4.74 Å². The highest BCUT2D eigenvalue weighted by molar-refractivity contribution is 5.95. The first-order chi connectivity index (χ1) is 9.31. The number of aromatic nitrogens is 2. The number of imidazole rings is 1. The van der Waals surface area contributed by atoms with Gasteiger partial charge < -0.3 is 14.5 Å². The average molecular weight is 259 g/mol. The fraction of sp³-hybridized carbons (Fsp3) is 0.429. The Hall–Kier alpha value is -1.88. The van der Waals surface area contributed by atoms with E-state index in [0.29, 0.717) is 11.6 Å². The van der Waals surface area contributed by atoms with Crippen LogP contribution < -0.4 is 5.32 Å². The fourth-order valence-electron chi connectivity index (χ4n) is 2.67. The lowest BCUT2D eigenvalue weighted by Crippen LogP contribution is -2.29. The molecule has 1 unspecified atom stereocenters. The summed E-state index contributed by atoms with van der Waals surface area (Å²) in [6.07, 6.45) is 4.19. The predicted octanol–water partition coefficient (Wildman–Crippen LogP) is 1.59. The third kappa shape index (κ3) is 2.10. The van der Waals surface area contributed by atoms with E-state index in [-0.39, 0.29) is 5.97 Å². The first-order valence-corrected chi connectivity index (χ1v) is 6.57. The van der Waals surface area contributed by atoms with Gasteiger partial charge in [0.2, 0.25) is 0 Å². The van der Waals surface area contributed by atoms with E-state index in [9.17, 15) is 4.79 Å². The largest absolute Gasteiger partial charge is 0.464 e. The van der Waals surface area contributed by atoms with E-state index in [2.05, 4.69) is 10.3 Å². The van der Waals surface area contributed by atoms with Gasteiger partial charge in [-0.25, -0.2) is 9.78 Å². The lowest BCUT2D eigenvalue weighted by molar-refractivity contribution is 0.0596. The van der Waals surface area contributed by atoms with Crippen molar-refractivity contribution >= 4 is 11.5 Å². The molecule has 0 saturated carbocycles. The standard InChI is InChI=1S/C14H17N3O2/c1-19-14(18)12-11-6-2-3-8-17(11)13(16-12)10-5-4-7-15-9-10/h2-3,6,8,10,15H,4-5,7,9H2,1H3. The first kappa shape index (κ1) is 12.2. The minimum atomic E-state index is -0.376. The SMILES string of the molecule is COC(=O)c1nc(C2CCCNC2)n2ccccc12. The molecule has 0 aromatic carbocycles. The summed E-state index contributed by atoms with van der Waals surface area (Å²) in [5.74, 6) is 0.920. The molecule has 0 spiro atoms. The molecule has 1 aliphatic rings. The summed E-state index contributed by atoms with van der Waals surface area (Å²) in [5.41, 5.74) is 1.22. The van der Waals surface area contributed by atoms with Gasteiger partial charge in [0, 0.05) is 18.7 Å². The number of pyridine rings is 1. The number of esters is 1. The molecule has 5 heteroatoms. The maximum absolute atomic E-state index is 11.8. The molecular formula is C14H17N3O2. The Morgan fingerprint density at radius 2 is 2.42 bits per heavy atom. The van der Waals surface area contributed by atoms with Gasteiger partial charge in [-0.3, -0.25) is 0 Å². The van der Waals surface area contributed by atoms with E-state index >= 15 is 0 Å². The number of methoxy groups -OCH3 is 1. The number of nitrogens with one attached hydrogen (secondary N) is 1. The van der Waals surface area contributed by atoms with Crippen molar-refractivity contribution in [3.63, 3.8) is 0 Å². The number of piperidine rings is 1. The molecule has 100 valence electrons. The van der Waals surface area contributed by atoms with Crippen molar-refractivity contribution in [3.05, 3.63) is 35.9 Å². The van der Waals surface area contributed by atoms with Crippen LogP contribution in [-0.2, 0) is 4.74 Å². The summed E-state index contributed by atoms with van der Waals surface area (Å²) < 4.78 is 6.82. The summed E-state index contributed by atoms with van der Waals surface area (Å²) in [6, 6.07) is 5.76. The van der Waals surface area contributed by atoms with Gasteiger partial charge in [-0.15, -0.1) is 0 Å². The number of ether oxygens (including phenoxy) is 1. The second kappa shape index (κ2) is 5.01. The Balaban J connectivity index is 2.11. The number of fused-ring (bicyclic) bond motifs is 1. The Kier molecular flexibility index (Phi) is 3.21. The van der Waals surface area contributed by atoms with E-state index in [1.165, 1.54) is 7.11 Å². The van der Waals surface area contributed by atoms with E-state index in [1.807, 2.05) is 28.8 Å². The molecule has 1 fully saturated rings. The molecule has 2 aromatic heterocycles. The van der Waals surface area contributed by atoms with Crippen LogP contribution in [0.2, 0.25) is 0 Å². The second-order valence-corrected chi connectivity index (χ2v) is 4.81. The van der Waals surface area contributed by atoms with Gasteiger partial charge in [0.25, 0.3) is 0 Å². The number of carbonyl (C=O) groups is 1. The predicted molar refractivity (Wildman–Crippen MR) is 71.4 cm³/mol. The van der Waals surface area contributed by atoms with Crippen molar-refractivity contribution in [1.82, 2.24) is 14.7 Å². The number of carbonyl (C=O) groups excluding carboxylic acids is 1.